The molecular weight excluding hydrogens is 396 g/mol. The molecule has 0 aliphatic carbocycles. The topological polar surface area (TPSA) is 137 Å². The molecule has 0 bridgehead atoms. The number of likely N-dealkylation sites (tertiary alicyclic amines) is 1. The second-order valence-corrected chi connectivity index (χ2v) is 8.87. The lowest BCUT2D eigenvalue weighted by Crippen LogP contribution is -2.55. The molecule has 1 fully saturated rings. The molecule has 0 spiro atoms. The number of piperidine rings is 1. The monoisotopic (exact) mass is 430 g/mol. The lowest BCUT2D eigenvalue weighted by atomic mass is 9.81. The van der Waals surface area contributed by atoms with E-state index in [0.29, 0.717) is 43.5 Å². The molecule has 8 heteroatoms. The van der Waals surface area contributed by atoms with Gasteiger partial charge >= 0.3 is 5.97 Å². The first-order valence-corrected chi connectivity index (χ1v) is 10.8. The van der Waals surface area contributed by atoms with Crippen molar-refractivity contribution in [1.29, 1.82) is 5.41 Å². The van der Waals surface area contributed by atoms with Crippen LogP contribution in [0, 0.1) is 17.2 Å². The van der Waals surface area contributed by atoms with E-state index in [1.165, 1.54) is 0 Å². The number of amides is 2. The predicted octanol–water partition coefficient (Wildman–Crippen LogP) is 2.61. The third-order valence-electron chi connectivity index (χ3n) is 6.03. The Morgan fingerprint density at radius 3 is 2.23 bits per heavy atom. The van der Waals surface area contributed by atoms with Gasteiger partial charge < -0.3 is 21.1 Å². The van der Waals surface area contributed by atoms with Gasteiger partial charge in [0.15, 0.2) is 0 Å². The molecule has 1 saturated heterocycles. The van der Waals surface area contributed by atoms with E-state index in [-0.39, 0.29) is 35.9 Å². The Morgan fingerprint density at radius 2 is 1.74 bits per heavy atom. The fourth-order valence-electron chi connectivity index (χ4n) is 4.16. The lowest BCUT2D eigenvalue weighted by Gasteiger charge is -2.40. The van der Waals surface area contributed by atoms with Gasteiger partial charge in [0.05, 0.1) is 5.92 Å². The number of carbonyl (C=O) groups excluding carboxylic acids is 2. The van der Waals surface area contributed by atoms with Gasteiger partial charge in [0.25, 0.3) is 5.91 Å². The highest BCUT2D eigenvalue weighted by atomic mass is 16.4. The zero-order valence-corrected chi connectivity index (χ0v) is 18.6. The number of hydrogen-bond acceptors (Lipinski definition) is 4. The molecule has 0 radical (unpaired) electrons. The van der Waals surface area contributed by atoms with Gasteiger partial charge in [0.1, 0.15) is 5.84 Å². The van der Waals surface area contributed by atoms with Gasteiger partial charge in [0.2, 0.25) is 5.91 Å². The summed E-state index contributed by atoms with van der Waals surface area (Å²) in [5.41, 5.74) is 5.68. The van der Waals surface area contributed by atoms with Gasteiger partial charge in [-0.05, 0) is 51.2 Å². The molecule has 1 unspecified atom stereocenters. The Kier molecular flexibility index (Phi) is 8.19. The summed E-state index contributed by atoms with van der Waals surface area (Å²) in [6.45, 7) is 6.84. The van der Waals surface area contributed by atoms with Crippen molar-refractivity contribution in [3.8, 4) is 0 Å². The zero-order valence-electron chi connectivity index (χ0n) is 18.6. The molecule has 1 aromatic carbocycles. The maximum atomic E-state index is 13.3. The summed E-state index contributed by atoms with van der Waals surface area (Å²) >= 11 is 0. The number of amidine groups is 1. The first-order chi connectivity index (χ1) is 14.5. The smallest absolute Gasteiger partial charge is 0.303 e. The van der Waals surface area contributed by atoms with E-state index in [0.717, 1.165) is 6.42 Å². The predicted molar refractivity (Wildman–Crippen MR) is 119 cm³/mol. The van der Waals surface area contributed by atoms with Crippen molar-refractivity contribution in [2.45, 2.75) is 58.4 Å². The summed E-state index contributed by atoms with van der Waals surface area (Å²) in [7, 11) is 0. The van der Waals surface area contributed by atoms with Crippen LogP contribution in [-0.2, 0) is 9.59 Å². The Bertz CT molecular complexity index is 811. The zero-order chi connectivity index (χ0) is 23.2. The second-order valence-electron chi connectivity index (χ2n) is 8.87. The van der Waals surface area contributed by atoms with Gasteiger partial charge in [0, 0.05) is 36.2 Å². The molecule has 2 rings (SSSR count). The van der Waals surface area contributed by atoms with Crippen molar-refractivity contribution < 1.29 is 19.5 Å². The van der Waals surface area contributed by atoms with E-state index >= 15 is 0 Å². The molecule has 1 aliphatic heterocycles. The van der Waals surface area contributed by atoms with Crippen LogP contribution in [0.5, 0.6) is 0 Å². The van der Waals surface area contributed by atoms with Gasteiger partial charge in [-0.1, -0.05) is 25.5 Å². The summed E-state index contributed by atoms with van der Waals surface area (Å²) in [5.74, 6) is -1.41. The van der Waals surface area contributed by atoms with E-state index in [1.807, 2.05) is 25.7 Å². The number of hydrogen-bond donors (Lipinski definition) is 4. The molecule has 31 heavy (non-hydrogen) atoms. The molecule has 1 atom stereocenters. The van der Waals surface area contributed by atoms with Gasteiger partial charge in [-0.15, -0.1) is 0 Å². The van der Waals surface area contributed by atoms with E-state index in [4.69, 9.17) is 16.2 Å². The highest BCUT2D eigenvalue weighted by molar-refractivity contribution is 5.98. The molecule has 8 nitrogen and oxygen atoms in total. The molecule has 2 amide bonds. The van der Waals surface area contributed by atoms with Crippen molar-refractivity contribution >= 4 is 23.6 Å². The first-order valence-electron chi connectivity index (χ1n) is 10.8. The molecule has 1 heterocycles. The lowest BCUT2D eigenvalue weighted by molar-refractivity contribution is -0.140. The SMILES string of the molecule is CCCC(C(=O)N1CCC(CC(=O)O)CC1)C(C)(C)NC(=O)c1ccc(C(=N)N)cc1. The van der Waals surface area contributed by atoms with Crippen molar-refractivity contribution in [2.24, 2.45) is 17.6 Å². The fraction of sp³-hybridized carbons (Fsp3) is 0.565. The number of aliphatic carboxylic acids is 1. The second kappa shape index (κ2) is 10.4. The number of nitrogens with one attached hydrogen (secondary N) is 2. The minimum absolute atomic E-state index is 0.00727. The summed E-state index contributed by atoms with van der Waals surface area (Å²) in [5, 5.41) is 19.5. The number of benzene rings is 1. The maximum Gasteiger partial charge on any atom is 0.303 e. The average Bonchev–Trinajstić information content (AvgIpc) is 2.71. The number of nitrogen functional groups attached to an aromatic ring is 1. The van der Waals surface area contributed by atoms with Crippen LogP contribution >= 0.6 is 0 Å². The fourth-order valence-corrected chi connectivity index (χ4v) is 4.16. The summed E-state index contributed by atoms with van der Waals surface area (Å²) in [6.07, 6.45) is 2.96. The van der Waals surface area contributed by atoms with E-state index in [2.05, 4.69) is 5.32 Å². The van der Waals surface area contributed by atoms with Crippen LogP contribution in [0.3, 0.4) is 0 Å². The number of nitrogens with two attached hydrogens (primary N) is 1. The standard InChI is InChI=1S/C23H34N4O4/c1-4-5-18(22(31)27-12-10-15(11-13-27)14-19(28)29)23(2,3)26-21(30)17-8-6-16(7-9-17)20(24)25/h6-9,15,18H,4-5,10-14H2,1-3H3,(H3,24,25)(H,26,30)(H,28,29). The molecule has 5 N–H and O–H groups in total. The van der Waals surface area contributed by atoms with Crippen molar-refractivity contribution in [1.82, 2.24) is 10.2 Å². The molecular formula is C23H34N4O4. The maximum absolute atomic E-state index is 13.3. The number of carboxylic acids is 1. The van der Waals surface area contributed by atoms with Crippen LogP contribution in [0.1, 0.15) is 68.8 Å². The van der Waals surface area contributed by atoms with Crippen LogP contribution in [-0.4, -0.2) is 52.3 Å². The summed E-state index contributed by atoms with van der Waals surface area (Å²) in [6, 6.07) is 6.48. The average molecular weight is 431 g/mol. The molecule has 1 aromatic rings. The van der Waals surface area contributed by atoms with Crippen LogP contribution in [0.25, 0.3) is 0 Å². The Labute approximate surface area is 183 Å². The third kappa shape index (κ3) is 6.54. The van der Waals surface area contributed by atoms with Crippen LogP contribution < -0.4 is 11.1 Å². The summed E-state index contributed by atoms with van der Waals surface area (Å²) < 4.78 is 0. The minimum atomic E-state index is -0.797. The molecule has 0 saturated carbocycles. The Hall–Kier alpha value is -2.90. The highest BCUT2D eigenvalue weighted by Crippen LogP contribution is 2.28. The largest absolute Gasteiger partial charge is 0.481 e. The van der Waals surface area contributed by atoms with Crippen LogP contribution in [0.2, 0.25) is 0 Å². The van der Waals surface area contributed by atoms with Gasteiger partial charge in [-0.2, -0.15) is 0 Å². The van der Waals surface area contributed by atoms with E-state index < -0.39 is 11.5 Å². The van der Waals surface area contributed by atoms with E-state index in [1.54, 1.807) is 24.3 Å². The first kappa shape index (κ1) is 24.4. The van der Waals surface area contributed by atoms with E-state index in [9.17, 15) is 14.4 Å². The third-order valence-corrected chi connectivity index (χ3v) is 6.03. The Balaban J connectivity index is 2.07. The quantitative estimate of drug-likeness (QED) is 0.353. The van der Waals surface area contributed by atoms with Crippen LogP contribution in [0.15, 0.2) is 24.3 Å². The van der Waals surface area contributed by atoms with Crippen LogP contribution in [0.4, 0.5) is 0 Å². The number of carbonyl (C=O) groups is 3. The Morgan fingerprint density at radius 1 is 1.19 bits per heavy atom. The highest BCUT2D eigenvalue weighted by Gasteiger charge is 2.39. The van der Waals surface area contributed by atoms with Crippen molar-refractivity contribution in [3.63, 3.8) is 0 Å². The molecule has 1 aliphatic rings. The molecule has 170 valence electrons. The number of rotatable bonds is 9. The number of carboxylic acid groups (broad SMARTS) is 1. The van der Waals surface area contributed by atoms with Crippen molar-refractivity contribution in [3.05, 3.63) is 35.4 Å². The summed E-state index contributed by atoms with van der Waals surface area (Å²) in [4.78, 5) is 38.9. The number of nitrogens with zero attached hydrogens (tertiary/aromatic N) is 1. The van der Waals surface area contributed by atoms with Gasteiger partial charge in [-0.25, -0.2) is 0 Å². The normalized spacial score (nSPS) is 15.9. The van der Waals surface area contributed by atoms with Crippen molar-refractivity contribution in [2.75, 3.05) is 13.1 Å². The molecule has 0 aromatic heterocycles. The minimum Gasteiger partial charge on any atom is -0.481 e. The van der Waals surface area contributed by atoms with Gasteiger partial charge in [-0.3, -0.25) is 19.8 Å².